The Hall–Kier alpha value is -0.230. The zero-order valence-corrected chi connectivity index (χ0v) is 9.09. The Kier molecular flexibility index (Phi) is 4.05. The van der Waals surface area contributed by atoms with E-state index in [0.717, 1.165) is 3.57 Å². The predicted molar refractivity (Wildman–Crippen MR) is 56.6 cm³/mol. The summed E-state index contributed by atoms with van der Waals surface area (Å²) in [6, 6.07) is 4.12. The minimum absolute atomic E-state index is 0.164. The van der Waals surface area contributed by atoms with Crippen LogP contribution in [0.5, 0.6) is 0 Å². The summed E-state index contributed by atoms with van der Waals surface area (Å²) in [6.45, 7) is -0.522. The van der Waals surface area contributed by atoms with Gasteiger partial charge in [-0.1, -0.05) is 0 Å². The van der Waals surface area contributed by atoms with Gasteiger partial charge >= 0.3 is 0 Å². The average molecular weight is 297 g/mol. The molecule has 0 aliphatic heterocycles. The minimum atomic E-state index is -0.542. The number of halogens is 3. The number of nitrogens with two attached hydrogens (primary N) is 1. The Balaban J connectivity index is 2.91. The van der Waals surface area contributed by atoms with E-state index in [1.165, 1.54) is 6.07 Å². The molecule has 0 aromatic heterocycles. The second-order valence-electron chi connectivity index (χ2n) is 2.75. The van der Waals surface area contributed by atoms with Crippen LogP contribution in [0.2, 0.25) is 0 Å². The van der Waals surface area contributed by atoms with E-state index in [1.807, 2.05) is 0 Å². The fourth-order valence-corrected chi connectivity index (χ4v) is 1.59. The molecule has 1 nitrogen and oxygen atoms in total. The third kappa shape index (κ3) is 2.87. The van der Waals surface area contributed by atoms with Crippen molar-refractivity contribution in [3.63, 3.8) is 0 Å². The van der Waals surface area contributed by atoms with Crippen LogP contribution in [0.1, 0.15) is 18.0 Å². The van der Waals surface area contributed by atoms with Gasteiger partial charge in [-0.2, -0.15) is 0 Å². The molecule has 0 spiro atoms. The van der Waals surface area contributed by atoms with E-state index in [4.69, 9.17) is 5.73 Å². The number of benzene rings is 1. The van der Waals surface area contributed by atoms with Crippen LogP contribution in [0.4, 0.5) is 8.78 Å². The molecule has 0 radical (unpaired) electrons. The molecule has 1 aromatic carbocycles. The zero-order valence-electron chi connectivity index (χ0n) is 6.93. The molecular weight excluding hydrogens is 287 g/mol. The number of alkyl halides is 1. The third-order valence-electron chi connectivity index (χ3n) is 1.78. The Bertz CT molecular complexity index is 291. The highest BCUT2D eigenvalue weighted by atomic mass is 127. The Morgan fingerprint density at radius 2 is 2.15 bits per heavy atom. The molecule has 1 aromatic rings. The lowest BCUT2D eigenvalue weighted by Crippen LogP contribution is -2.13. The average Bonchev–Trinajstić information content (AvgIpc) is 2.09. The summed E-state index contributed by atoms with van der Waals surface area (Å²) in [6.07, 6.45) is 0.164. The molecule has 13 heavy (non-hydrogen) atoms. The first-order chi connectivity index (χ1) is 6.15. The van der Waals surface area contributed by atoms with E-state index in [9.17, 15) is 8.78 Å². The highest BCUT2D eigenvalue weighted by Crippen LogP contribution is 2.20. The van der Waals surface area contributed by atoms with Crippen molar-refractivity contribution >= 4 is 22.6 Å². The molecule has 72 valence electrons. The van der Waals surface area contributed by atoms with Crippen LogP contribution in [0.25, 0.3) is 0 Å². The van der Waals surface area contributed by atoms with Crippen molar-refractivity contribution in [3.05, 3.63) is 33.1 Å². The van der Waals surface area contributed by atoms with E-state index < -0.39 is 12.7 Å². The Morgan fingerprint density at radius 3 is 2.77 bits per heavy atom. The van der Waals surface area contributed by atoms with E-state index in [-0.39, 0.29) is 12.2 Å². The standard InChI is InChI=1S/C9H10F2IN/c10-4-3-9(13)7-5-6(12)1-2-8(7)11/h1-2,5,9H,3-4,13H2/t9-/m1/s1. The summed E-state index contributed by atoms with van der Waals surface area (Å²) in [7, 11) is 0. The summed E-state index contributed by atoms with van der Waals surface area (Å²) in [4.78, 5) is 0. The van der Waals surface area contributed by atoms with Crippen LogP contribution in [0.15, 0.2) is 18.2 Å². The minimum Gasteiger partial charge on any atom is -0.324 e. The SMILES string of the molecule is N[C@H](CCF)c1cc(I)ccc1F. The van der Waals surface area contributed by atoms with Crippen molar-refractivity contribution in [1.29, 1.82) is 0 Å². The van der Waals surface area contributed by atoms with Gasteiger partial charge in [0.05, 0.1) is 6.67 Å². The van der Waals surface area contributed by atoms with Crippen LogP contribution in [0.3, 0.4) is 0 Å². The van der Waals surface area contributed by atoms with Crippen LogP contribution < -0.4 is 5.73 Å². The molecular formula is C9H10F2IN. The van der Waals surface area contributed by atoms with Gasteiger partial charge < -0.3 is 5.73 Å². The first-order valence-corrected chi connectivity index (χ1v) is 4.99. The molecule has 0 amide bonds. The fraction of sp³-hybridized carbons (Fsp3) is 0.333. The maximum atomic E-state index is 13.1. The first-order valence-electron chi connectivity index (χ1n) is 3.91. The van der Waals surface area contributed by atoms with E-state index in [1.54, 1.807) is 12.1 Å². The largest absolute Gasteiger partial charge is 0.324 e. The van der Waals surface area contributed by atoms with Crippen molar-refractivity contribution in [2.75, 3.05) is 6.67 Å². The van der Waals surface area contributed by atoms with Crippen molar-refractivity contribution in [1.82, 2.24) is 0 Å². The van der Waals surface area contributed by atoms with Gasteiger partial charge in [-0.05, 0) is 47.2 Å². The molecule has 1 rings (SSSR count). The molecule has 0 aliphatic carbocycles. The van der Waals surface area contributed by atoms with Crippen LogP contribution in [-0.4, -0.2) is 6.67 Å². The lowest BCUT2D eigenvalue weighted by Gasteiger charge is -2.10. The van der Waals surface area contributed by atoms with Gasteiger partial charge in [0.25, 0.3) is 0 Å². The maximum absolute atomic E-state index is 13.1. The van der Waals surface area contributed by atoms with Crippen molar-refractivity contribution in [3.8, 4) is 0 Å². The first kappa shape index (κ1) is 10.8. The summed E-state index contributed by atoms with van der Waals surface area (Å²) in [5.74, 6) is -0.360. The second-order valence-corrected chi connectivity index (χ2v) is 4.00. The van der Waals surface area contributed by atoms with Gasteiger partial charge in [0, 0.05) is 15.2 Å². The van der Waals surface area contributed by atoms with Gasteiger partial charge in [0.1, 0.15) is 5.82 Å². The smallest absolute Gasteiger partial charge is 0.128 e. The molecule has 0 heterocycles. The van der Waals surface area contributed by atoms with Gasteiger partial charge in [-0.25, -0.2) is 4.39 Å². The topological polar surface area (TPSA) is 26.0 Å². The molecule has 4 heteroatoms. The lowest BCUT2D eigenvalue weighted by molar-refractivity contribution is 0.435. The lowest BCUT2D eigenvalue weighted by atomic mass is 10.1. The normalized spacial score (nSPS) is 12.9. The molecule has 1 atom stereocenters. The zero-order chi connectivity index (χ0) is 9.84. The Morgan fingerprint density at radius 1 is 1.46 bits per heavy atom. The number of hydrogen-bond donors (Lipinski definition) is 1. The van der Waals surface area contributed by atoms with Gasteiger partial charge in [-0.15, -0.1) is 0 Å². The van der Waals surface area contributed by atoms with Crippen LogP contribution >= 0.6 is 22.6 Å². The summed E-state index contributed by atoms with van der Waals surface area (Å²) >= 11 is 2.07. The molecule has 0 bridgehead atoms. The third-order valence-corrected chi connectivity index (χ3v) is 2.45. The molecule has 2 N–H and O–H groups in total. The summed E-state index contributed by atoms with van der Waals surface area (Å²) < 4.78 is 26.0. The van der Waals surface area contributed by atoms with Crippen LogP contribution in [-0.2, 0) is 0 Å². The molecule has 0 saturated carbocycles. The van der Waals surface area contributed by atoms with E-state index in [2.05, 4.69) is 22.6 Å². The summed E-state index contributed by atoms with van der Waals surface area (Å²) in [5.41, 5.74) is 5.98. The Labute approximate surface area is 89.5 Å². The van der Waals surface area contributed by atoms with Gasteiger partial charge in [0.15, 0.2) is 0 Å². The second kappa shape index (κ2) is 4.85. The number of rotatable bonds is 3. The molecule has 0 aliphatic rings. The predicted octanol–water partition coefficient (Wildman–Crippen LogP) is 2.79. The highest BCUT2D eigenvalue weighted by molar-refractivity contribution is 14.1. The van der Waals surface area contributed by atoms with Crippen LogP contribution in [0, 0.1) is 9.39 Å². The van der Waals surface area contributed by atoms with Crippen molar-refractivity contribution in [2.24, 2.45) is 5.73 Å². The fourth-order valence-electron chi connectivity index (χ4n) is 1.07. The van der Waals surface area contributed by atoms with Gasteiger partial charge in [-0.3, -0.25) is 4.39 Å². The van der Waals surface area contributed by atoms with Crippen molar-refractivity contribution in [2.45, 2.75) is 12.5 Å². The number of hydrogen-bond acceptors (Lipinski definition) is 1. The quantitative estimate of drug-likeness (QED) is 0.853. The highest BCUT2D eigenvalue weighted by Gasteiger charge is 2.11. The van der Waals surface area contributed by atoms with E-state index >= 15 is 0 Å². The summed E-state index contributed by atoms with van der Waals surface area (Å²) in [5, 5.41) is 0. The molecule has 0 unspecified atom stereocenters. The molecule has 0 fully saturated rings. The molecule has 0 saturated heterocycles. The maximum Gasteiger partial charge on any atom is 0.128 e. The van der Waals surface area contributed by atoms with Gasteiger partial charge in [0.2, 0.25) is 0 Å². The van der Waals surface area contributed by atoms with Crippen molar-refractivity contribution < 1.29 is 8.78 Å². The monoisotopic (exact) mass is 297 g/mol. The van der Waals surface area contributed by atoms with E-state index in [0.29, 0.717) is 5.56 Å².